The van der Waals surface area contributed by atoms with Gasteiger partial charge in [-0.05, 0) is 54.9 Å². The van der Waals surface area contributed by atoms with Gasteiger partial charge in [-0.25, -0.2) is 9.18 Å². The second-order valence-corrected chi connectivity index (χ2v) is 5.64. The molecule has 98 valence electrons. The first kappa shape index (κ1) is 13.5. The highest BCUT2D eigenvalue weighted by molar-refractivity contribution is 14.1. The summed E-state index contributed by atoms with van der Waals surface area (Å²) in [6.07, 6.45) is -0.586. The predicted octanol–water partition coefficient (Wildman–Crippen LogP) is 2.32. The van der Waals surface area contributed by atoms with Gasteiger partial charge in [0, 0.05) is 10.1 Å². The van der Waals surface area contributed by atoms with E-state index in [-0.39, 0.29) is 11.9 Å². The number of carbonyl (C=O) groups excluding carboxylic acids is 1. The molecule has 6 heteroatoms. The number of ether oxygens (including phenoxy) is 1. The van der Waals surface area contributed by atoms with Crippen LogP contribution in [0.4, 0.5) is 14.9 Å². The molecule has 1 amide bonds. The standard InChI is InChI=1S/C12H14FIN2O2/c1-15(2)6-9-7-16(12(17)18-9)8-3-4-11(14)10(13)5-8/h3-5,9H,6-7H2,1-2H3/t9-/m0/s1. The molecule has 4 nitrogen and oxygen atoms in total. The molecule has 0 bridgehead atoms. The summed E-state index contributed by atoms with van der Waals surface area (Å²) in [5.74, 6) is -0.322. The van der Waals surface area contributed by atoms with Crippen molar-refractivity contribution in [3.63, 3.8) is 0 Å². The van der Waals surface area contributed by atoms with Gasteiger partial charge in [-0.3, -0.25) is 4.90 Å². The quantitative estimate of drug-likeness (QED) is 0.772. The third kappa shape index (κ3) is 2.92. The summed E-state index contributed by atoms with van der Waals surface area (Å²) in [7, 11) is 3.84. The van der Waals surface area contributed by atoms with Gasteiger partial charge >= 0.3 is 6.09 Å². The summed E-state index contributed by atoms with van der Waals surface area (Å²) >= 11 is 1.91. The highest BCUT2D eigenvalue weighted by Gasteiger charge is 2.32. The van der Waals surface area contributed by atoms with E-state index in [0.717, 1.165) is 0 Å². The number of hydrogen-bond donors (Lipinski definition) is 0. The summed E-state index contributed by atoms with van der Waals surface area (Å²) in [6.45, 7) is 1.12. The van der Waals surface area contributed by atoms with Crippen molar-refractivity contribution in [1.82, 2.24) is 4.90 Å². The van der Waals surface area contributed by atoms with E-state index in [1.807, 2.05) is 41.6 Å². The number of benzene rings is 1. The van der Waals surface area contributed by atoms with E-state index in [9.17, 15) is 9.18 Å². The molecule has 1 heterocycles. The molecule has 1 aliphatic rings. The Morgan fingerprint density at radius 1 is 1.56 bits per heavy atom. The number of carbonyl (C=O) groups is 1. The topological polar surface area (TPSA) is 32.8 Å². The van der Waals surface area contributed by atoms with E-state index in [0.29, 0.717) is 22.3 Å². The van der Waals surface area contributed by atoms with Gasteiger partial charge < -0.3 is 9.64 Å². The average molecular weight is 364 g/mol. The van der Waals surface area contributed by atoms with Crippen LogP contribution in [0.25, 0.3) is 0 Å². The van der Waals surface area contributed by atoms with E-state index >= 15 is 0 Å². The number of halogens is 2. The molecule has 2 rings (SSSR count). The molecule has 18 heavy (non-hydrogen) atoms. The monoisotopic (exact) mass is 364 g/mol. The maximum Gasteiger partial charge on any atom is 0.414 e. The van der Waals surface area contributed by atoms with Crippen molar-refractivity contribution in [2.24, 2.45) is 0 Å². The van der Waals surface area contributed by atoms with Crippen molar-refractivity contribution < 1.29 is 13.9 Å². The molecule has 0 N–H and O–H groups in total. The van der Waals surface area contributed by atoms with E-state index in [4.69, 9.17) is 4.74 Å². The fourth-order valence-electron chi connectivity index (χ4n) is 1.89. The van der Waals surface area contributed by atoms with Crippen LogP contribution >= 0.6 is 22.6 Å². The highest BCUT2D eigenvalue weighted by Crippen LogP contribution is 2.24. The van der Waals surface area contributed by atoms with Crippen LogP contribution in [-0.2, 0) is 4.74 Å². The predicted molar refractivity (Wildman–Crippen MR) is 75.3 cm³/mol. The molecular formula is C12H14FIN2O2. The van der Waals surface area contributed by atoms with Crippen molar-refractivity contribution in [3.8, 4) is 0 Å². The first-order valence-electron chi connectivity index (χ1n) is 5.55. The summed E-state index contributed by atoms with van der Waals surface area (Å²) in [4.78, 5) is 15.1. The van der Waals surface area contributed by atoms with Gasteiger partial charge in [0.15, 0.2) is 0 Å². The van der Waals surface area contributed by atoms with Crippen LogP contribution < -0.4 is 4.90 Å². The molecule has 0 saturated carbocycles. The minimum Gasteiger partial charge on any atom is -0.443 e. The molecule has 1 aliphatic heterocycles. The van der Waals surface area contributed by atoms with E-state index in [1.54, 1.807) is 12.1 Å². The van der Waals surface area contributed by atoms with Crippen molar-refractivity contribution in [2.45, 2.75) is 6.10 Å². The van der Waals surface area contributed by atoms with Crippen LogP contribution in [0.15, 0.2) is 18.2 Å². The fourth-order valence-corrected chi connectivity index (χ4v) is 2.22. The molecule has 0 aliphatic carbocycles. The van der Waals surface area contributed by atoms with Crippen LogP contribution in [0.1, 0.15) is 0 Å². The van der Waals surface area contributed by atoms with Crippen LogP contribution in [-0.4, -0.2) is 44.3 Å². The first-order chi connectivity index (χ1) is 8.47. The van der Waals surface area contributed by atoms with Crippen molar-refractivity contribution in [1.29, 1.82) is 0 Å². The zero-order valence-corrected chi connectivity index (χ0v) is 12.3. The number of anilines is 1. The van der Waals surface area contributed by atoms with Crippen LogP contribution in [0.3, 0.4) is 0 Å². The molecule has 1 atom stereocenters. The lowest BCUT2D eigenvalue weighted by molar-refractivity contribution is 0.123. The molecule has 1 saturated heterocycles. The third-order valence-corrected chi connectivity index (χ3v) is 3.53. The Labute approximate surface area is 119 Å². The lowest BCUT2D eigenvalue weighted by Gasteiger charge is -2.15. The summed E-state index contributed by atoms with van der Waals surface area (Å²) in [6, 6.07) is 4.74. The van der Waals surface area contributed by atoms with Crippen LogP contribution in [0.5, 0.6) is 0 Å². The van der Waals surface area contributed by atoms with Gasteiger partial charge in [0.25, 0.3) is 0 Å². The molecule has 1 aromatic rings. The van der Waals surface area contributed by atoms with Crippen molar-refractivity contribution in [2.75, 3.05) is 32.1 Å². The van der Waals surface area contributed by atoms with E-state index < -0.39 is 6.09 Å². The Morgan fingerprint density at radius 3 is 2.89 bits per heavy atom. The van der Waals surface area contributed by atoms with Gasteiger partial charge in [-0.15, -0.1) is 0 Å². The van der Waals surface area contributed by atoms with Crippen molar-refractivity contribution >= 4 is 34.4 Å². The molecule has 0 unspecified atom stereocenters. The molecule has 1 fully saturated rings. The molecular weight excluding hydrogens is 350 g/mol. The van der Waals surface area contributed by atoms with Gasteiger partial charge in [-0.2, -0.15) is 0 Å². The Hall–Kier alpha value is -0.890. The lowest BCUT2D eigenvalue weighted by Crippen LogP contribution is -2.30. The number of likely N-dealkylation sites (N-methyl/N-ethyl adjacent to an activating group) is 1. The average Bonchev–Trinajstić information content (AvgIpc) is 2.62. The number of cyclic esters (lactones) is 1. The maximum atomic E-state index is 13.5. The molecule has 0 radical (unpaired) electrons. The summed E-state index contributed by atoms with van der Waals surface area (Å²) < 4.78 is 19.2. The molecule has 1 aromatic carbocycles. The zero-order chi connectivity index (χ0) is 13.3. The van der Waals surface area contributed by atoms with Crippen LogP contribution in [0.2, 0.25) is 0 Å². The SMILES string of the molecule is CN(C)C[C@H]1CN(c2ccc(I)c(F)c2)C(=O)O1. The Bertz CT molecular complexity index is 467. The Kier molecular flexibility index (Phi) is 4.06. The Balaban J connectivity index is 2.14. The second kappa shape index (κ2) is 5.40. The van der Waals surface area contributed by atoms with Gasteiger partial charge in [-0.1, -0.05) is 0 Å². The van der Waals surface area contributed by atoms with Gasteiger partial charge in [0.2, 0.25) is 0 Å². The van der Waals surface area contributed by atoms with E-state index in [2.05, 4.69) is 0 Å². The maximum absolute atomic E-state index is 13.5. The zero-order valence-electron chi connectivity index (χ0n) is 10.2. The highest BCUT2D eigenvalue weighted by atomic mass is 127. The smallest absolute Gasteiger partial charge is 0.414 e. The molecule has 0 aromatic heterocycles. The number of amides is 1. The number of nitrogens with zero attached hydrogens (tertiary/aromatic N) is 2. The van der Waals surface area contributed by atoms with Gasteiger partial charge in [0.05, 0.1) is 12.2 Å². The third-order valence-electron chi connectivity index (χ3n) is 2.66. The Morgan fingerprint density at radius 2 is 2.28 bits per heavy atom. The first-order valence-corrected chi connectivity index (χ1v) is 6.63. The summed E-state index contributed by atoms with van der Waals surface area (Å²) in [5.41, 5.74) is 0.541. The molecule has 0 spiro atoms. The number of rotatable bonds is 3. The van der Waals surface area contributed by atoms with Crippen LogP contribution in [0, 0.1) is 9.39 Å². The fraction of sp³-hybridized carbons (Fsp3) is 0.417. The second-order valence-electron chi connectivity index (χ2n) is 4.48. The van der Waals surface area contributed by atoms with Crippen molar-refractivity contribution in [3.05, 3.63) is 27.6 Å². The lowest BCUT2D eigenvalue weighted by atomic mass is 10.2. The minimum absolute atomic E-state index is 0.171. The summed E-state index contributed by atoms with van der Waals surface area (Å²) in [5, 5.41) is 0. The number of hydrogen-bond acceptors (Lipinski definition) is 3. The largest absolute Gasteiger partial charge is 0.443 e. The minimum atomic E-state index is -0.414. The van der Waals surface area contributed by atoms with Gasteiger partial charge in [0.1, 0.15) is 11.9 Å². The van der Waals surface area contributed by atoms with E-state index in [1.165, 1.54) is 11.0 Å². The normalized spacial score (nSPS) is 19.5.